The van der Waals surface area contributed by atoms with Crippen molar-refractivity contribution in [1.82, 2.24) is 15.5 Å². The lowest BCUT2D eigenvalue weighted by Crippen LogP contribution is -2.77. The minimum atomic E-state index is -0.154. The van der Waals surface area contributed by atoms with Crippen LogP contribution in [0.2, 0.25) is 5.02 Å². The number of hydrogen-bond acceptors (Lipinski definition) is 6. The van der Waals surface area contributed by atoms with Gasteiger partial charge in [0.1, 0.15) is 11.9 Å². The molecule has 3 saturated carbocycles. The van der Waals surface area contributed by atoms with Crippen LogP contribution in [-0.4, -0.2) is 34.9 Å². The van der Waals surface area contributed by atoms with Crippen molar-refractivity contribution in [2.75, 3.05) is 13.2 Å². The van der Waals surface area contributed by atoms with Crippen molar-refractivity contribution in [3.8, 4) is 5.75 Å². The van der Waals surface area contributed by atoms with Gasteiger partial charge in [0.05, 0.1) is 5.41 Å². The van der Waals surface area contributed by atoms with Gasteiger partial charge in [-0.3, -0.25) is 4.79 Å². The molecule has 2 bridgehead atoms. The number of hydrogen-bond donors (Lipinski definition) is 1. The van der Waals surface area contributed by atoms with Crippen molar-refractivity contribution in [2.24, 2.45) is 0 Å². The Bertz CT molecular complexity index is 840. The van der Waals surface area contributed by atoms with Crippen LogP contribution in [0.15, 0.2) is 28.7 Å². The Kier molecular flexibility index (Phi) is 3.91. The highest BCUT2D eigenvalue weighted by Gasteiger charge is 2.71. The lowest BCUT2D eigenvalue weighted by molar-refractivity contribution is -0.143. The van der Waals surface area contributed by atoms with E-state index in [9.17, 15) is 4.79 Å². The second-order valence-corrected chi connectivity index (χ2v) is 8.27. The van der Waals surface area contributed by atoms with Crippen LogP contribution in [0.1, 0.15) is 50.0 Å². The van der Waals surface area contributed by atoms with Crippen molar-refractivity contribution in [3.05, 3.63) is 41.1 Å². The predicted molar refractivity (Wildman–Crippen MR) is 95.6 cm³/mol. The van der Waals surface area contributed by atoms with Gasteiger partial charge in [-0.2, -0.15) is 0 Å². The van der Waals surface area contributed by atoms with Gasteiger partial charge in [0.15, 0.2) is 6.61 Å². The number of halogens is 1. The molecule has 1 aromatic heterocycles. The van der Waals surface area contributed by atoms with E-state index < -0.39 is 0 Å². The molecule has 7 nitrogen and oxygen atoms in total. The Balaban J connectivity index is 1.13. The molecule has 1 N–H and O–H groups in total. The Morgan fingerprint density at radius 2 is 2.04 bits per heavy atom. The largest absolute Gasteiger partial charge is 0.484 e. The van der Waals surface area contributed by atoms with Crippen molar-refractivity contribution in [2.45, 2.75) is 49.2 Å². The Labute approximate surface area is 161 Å². The van der Waals surface area contributed by atoms with Gasteiger partial charge in [-0.1, -0.05) is 11.6 Å². The lowest BCUT2D eigenvalue weighted by Gasteiger charge is -2.68. The van der Waals surface area contributed by atoms with Crippen LogP contribution in [0.4, 0.5) is 0 Å². The Hall–Kier alpha value is -2.12. The summed E-state index contributed by atoms with van der Waals surface area (Å²) in [5.74, 6) is 1.77. The molecule has 0 radical (unpaired) electrons. The molecule has 8 heteroatoms. The number of carbonyl (C=O) groups is 1. The van der Waals surface area contributed by atoms with E-state index in [1.54, 1.807) is 24.3 Å². The van der Waals surface area contributed by atoms with Crippen LogP contribution in [0.5, 0.6) is 5.75 Å². The zero-order valence-electron chi connectivity index (χ0n) is 14.7. The van der Waals surface area contributed by atoms with Crippen LogP contribution < -0.4 is 10.1 Å². The first-order valence-corrected chi connectivity index (χ1v) is 9.59. The summed E-state index contributed by atoms with van der Waals surface area (Å²) in [5.41, 5.74) is -0.229. The summed E-state index contributed by atoms with van der Waals surface area (Å²) in [6.45, 7) is 0.737. The molecule has 2 heterocycles. The third kappa shape index (κ3) is 2.99. The summed E-state index contributed by atoms with van der Waals surface area (Å²) in [4.78, 5) is 12.2. The Morgan fingerprint density at radius 3 is 2.74 bits per heavy atom. The maximum Gasteiger partial charge on any atom is 0.258 e. The third-order valence-electron chi connectivity index (χ3n) is 5.72. The topological polar surface area (TPSA) is 86.5 Å². The maximum absolute atomic E-state index is 12.2. The smallest absolute Gasteiger partial charge is 0.258 e. The van der Waals surface area contributed by atoms with Gasteiger partial charge in [-0.25, -0.2) is 0 Å². The molecule has 0 spiro atoms. The fourth-order valence-electron chi connectivity index (χ4n) is 4.51. The first kappa shape index (κ1) is 17.0. The number of ether oxygens (including phenoxy) is 2. The first-order valence-electron chi connectivity index (χ1n) is 9.21. The van der Waals surface area contributed by atoms with Crippen LogP contribution in [-0.2, 0) is 14.9 Å². The van der Waals surface area contributed by atoms with Gasteiger partial charge in [0, 0.05) is 17.2 Å². The van der Waals surface area contributed by atoms with Crippen molar-refractivity contribution in [3.63, 3.8) is 0 Å². The minimum Gasteiger partial charge on any atom is -0.484 e. The summed E-state index contributed by atoms with van der Waals surface area (Å²) >= 11 is 5.84. The van der Waals surface area contributed by atoms with Crippen LogP contribution >= 0.6 is 11.6 Å². The Morgan fingerprint density at radius 1 is 1.26 bits per heavy atom. The number of rotatable bonds is 6. The second kappa shape index (κ2) is 6.21. The van der Waals surface area contributed by atoms with Crippen LogP contribution in [0, 0.1) is 0 Å². The van der Waals surface area contributed by atoms with E-state index in [1.807, 2.05) is 0 Å². The number of benzene rings is 1. The molecule has 1 amide bonds. The van der Waals surface area contributed by atoms with Gasteiger partial charge in [-0.05, 0) is 56.4 Å². The van der Waals surface area contributed by atoms with E-state index in [0.717, 1.165) is 38.7 Å². The lowest BCUT2D eigenvalue weighted by atomic mass is 9.39. The fraction of sp³-hybridized carbons (Fsp3) is 0.526. The highest BCUT2D eigenvalue weighted by atomic mass is 35.5. The zero-order chi connectivity index (χ0) is 18.5. The highest BCUT2D eigenvalue weighted by molar-refractivity contribution is 6.30. The molecule has 27 heavy (non-hydrogen) atoms. The van der Waals surface area contributed by atoms with Gasteiger partial charge < -0.3 is 19.2 Å². The van der Waals surface area contributed by atoms with Crippen molar-refractivity contribution >= 4 is 17.5 Å². The van der Waals surface area contributed by atoms with E-state index >= 15 is 0 Å². The minimum absolute atomic E-state index is 0.0138. The second-order valence-electron chi connectivity index (χ2n) is 7.83. The van der Waals surface area contributed by atoms with Crippen molar-refractivity contribution in [1.29, 1.82) is 0 Å². The summed E-state index contributed by atoms with van der Waals surface area (Å²) in [6, 6.07) is 6.95. The quantitative estimate of drug-likeness (QED) is 0.817. The molecular weight excluding hydrogens is 370 g/mol. The van der Waals surface area contributed by atoms with Crippen LogP contribution in [0.3, 0.4) is 0 Å². The number of nitrogens with one attached hydrogen (secondary N) is 1. The van der Waals surface area contributed by atoms with E-state index in [4.69, 9.17) is 25.5 Å². The highest BCUT2D eigenvalue weighted by Crippen LogP contribution is 2.67. The number of amides is 1. The van der Waals surface area contributed by atoms with E-state index in [0.29, 0.717) is 22.6 Å². The van der Waals surface area contributed by atoms with Gasteiger partial charge in [-0.15, -0.1) is 10.2 Å². The van der Waals surface area contributed by atoms with E-state index in [1.165, 1.54) is 0 Å². The average Bonchev–Trinajstić information content (AvgIpc) is 3.27. The SMILES string of the molecule is O=C(COc1ccc(Cl)cc1)NC12CC(c3nnc(C4CCCO4)o3)(C1)C2. The normalized spacial score (nSPS) is 31.1. The standard InChI is InChI=1S/C19H20ClN3O4/c20-12-3-5-13(6-4-12)26-8-15(24)21-19-9-18(10-19,11-19)17-23-22-16(27-17)14-2-1-7-25-14/h3-6,14H,1-2,7-11H2,(H,21,24). The molecule has 2 aromatic rings. The molecule has 142 valence electrons. The summed E-state index contributed by atoms with van der Waals surface area (Å²) in [6.07, 6.45) is 4.40. The van der Waals surface area contributed by atoms with Crippen LogP contribution in [0.25, 0.3) is 0 Å². The average molecular weight is 390 g/mol. The van der Waals surface area contributed by atoms with Gasteiger partial charge in [0.25, 0.3) is 5.91 Å². The zero-order valence-corrected chi connectivity index (χ0v) is 15.5. The molecule has 1 saturated heterocycles. The maximum atomic E-state index is 12.2. The van der Waals surface area contributed by atoms with E-state index in [2.05, 4.69) is 15.5 Å². The summed E-state index contributed by atoms with van der Waals surface area (Å²) in [7, 11) is 0. The molecular formula is C19H20ClN3O4. The predicted octanol–water partition coefficient (Wildman–Crippen LogP) is 2.94. The number of nitrogens with zero attached hydrogens (tertiary/aromatic N) is 2. The molecule has 1 atom stereocenters. The molecule has 4 fully saturated rings. The van der Waals surface area contributed by atoms with Crippen molar-refractivity contribution < 1.29 is 18.7 Å². The molecule has 1 aromatic carbocycles. The first-order chi connectivity index (χ1) is 13.1. The van der Waals surface area contributed by atoms with E-state index in [-0.39, 0.29) is 29.6 Å². The number of carbonyl (C=O) groups excluding carboxylic acids is 1. The summed E-state index contributed by atoms with van der Waals surface area (Å²) in [5, 5.41) is 12.1. The fourth-order valence-corrected chi connectivity index (χ4v) is 4.64. The third-order valence-corrected chi connectivity index (χ3v) is 5.97. The summed E-state index contributed by atoms with van der Waals surface area (Å²) < 4.78 is 17.0. The van der Waals surface area contributed by atoms with Gasteiger partial charge in [0.2, 0.25) is 11.8 Å². The molecule has 1 aliphatic heterocycles. The molecule has 6 rings (SSSR count). The monoisotopic (exact) mass is 389 g/mol. The molecule has 4 aliphatic rings. The molecule has 1 unspecified atom stereocenters. The number of aromatic nitrogens is 2. The molecule has 3 aliphatic carbocycles. The van der Waals surface area contributed by atoms with Gasteiger partial charge >= 0.3 is 0 Å².